The number of nitrogens with zero attached hydrogens (tertiary/aromatic N) is 7. The van der Waals surface area contributed by atoms with E-state index in [9.17, 15) is 4.79 Å². The van der Waals surface area contributed by atoms with Gasteiger partial charge in [-0.15, -0.1) is 0 Å². The van der Waals surface area contributed by atoms with Crippen LogP contribution >= 0.6 is 0 Å². The fourth-order valence-electron chi connectivity index (χ4n) is 3.87. The minimum Gasteiger partial charge on any atom is -0.380 e. The number of carbonyl (C=O) groups excluding carboxylic acids is 1. The van der Waals surface area contributed by atoms with E-state index in [0.29, 0.717) is 25.6 Å². The zero-order chi connectivity index (χ0) is 22.6. The second-order valence-corrected chi connectivity index (χ2v) is 8.05. The van der Waals surface area contributed by atoms with E-state index in [-0.39, 0.29) is 12.5 Å². The fraction of sp³-hybridized carbons (Fsp3) is 0.292. The van der Waals surface area contributed by atoms with Crippen LogP contribution in [0.1, 0.15) is 6.42 Å². The largest absolute Gasteiger partial charge is 0.380 e. The lowest BCUT2D eigenvalue weighted by atomic mass is 10.1. The highest BCUT2D eigenvalue weighted by Crippen LogP contribution is 2.25. The van der Waals surface area contributed by atoms with E-state index in [1.807, 2.05) is 48.7 Å². The zero-order valence-electron chi connectivity index (χ0n) is 18.5. The fourth-order valence-corrected chi connectivity index (χ4v) is 3.87. The molecule has 5 rings (SSSR count). The molecule has 33 heavy (non-hydrogen) atoms. The number of aryl methyl sites for hydroxylation is 1. The Morgan fingerprint density at radius 1 is 0.909 bits per heavy atom. The minimum absolute atomic E-state index is 0.0512. The molecule has 0 unspecified atom stereocenters. The van der Waals surface area contributed by atoms with Crippen molar-refractivity contribution in [2.75, 3.05) is 26.3 Å². The highest BCUT2D eigenvalue weighted by Gasteiger charge is 2.17. The smallest absolute Gasteiger partial charge is 0.244 e. The van der Waals surface area contributed by atoms with Crippen molar-refractivity contribution in [1.82, 2.24) is 34.4 Å². The summed E-state index contributed by atoms with van der Waals surface area (Å²) in [6, 6.07) is 8.09. The molecule has 1 fully saturated rings. The van der Waals surface area contributed by atoms with Crippen molar-refractivity contribution in [3.05, 3.63) is 61.4 Å². The van der Waals surface area contributed by atoms with E-state index in [2.05, 4.69) is 26.2 Å². The molecule has 1 aliphatic rings. The molecule has 0 atom stereocenters. The van der Waals surface area contributed by atoms with Gasteiger partial charge in [0.1, 0.15) is 6.54 Å². The van der Waals surface area contributed by atoms with Gasteiger partial charge in [-0.05, 0) is 18.1 Å². The molecule has 9 heteroatoms. The molecule has 0 bridgehead atoms. The lowest BCUT2D eigenvalue weighted by Crippen LogP contribution is -2.35. The lowest BCUT2D eigenvalue weighted by molar-refractivity contribution is -0.132. The first-order valence-electron chi connectivity index (χ1n) is 11.0. The third-order valence-corrected chi connectivity index (χ3v) is 5.65. The Bertz CT molecular complexity index is 1240. The molecule has 0 spiro atoms. The van der Waals surface area contributed by atoms with Gasteiger partial charge in [0.05, 0.1) is 19.0 Å². The van der Waals surface area contributed by atoms with Crippen molar-refractivity contribution in [2.45, 2.75) is 13.0 Å². The summed E-state index contributed by atoms with van der Waals surface area (Å²) in [5.74, 6) is 0.700. The van der Waals surface area contributed by atoms with Gasteiger partial charge in [0.15, 0.2) is 5.82 Å². The summed E-state index contributed by atoms with van der Waals surface area (Å²) in [6.45, 7) is 2.86. The van der Waals surface area contributed by atoms with Crippen LogP contribution in [0.25, 0.3) is 33.6 Å². The highest BCUT2D eigenvalue weighted by molar-refractivity contribution is 5.76. The topological polar surface area (TPSA) is 91.0 Å². The Balaban J connectivity index is 1.28. The molecule has 168 valence electrons. The summed E-state index contributed by atoms with van der Waals surface area (Å²) < 4.78 is 8.87. The van der Waals surface area contributed by atoms with Gasteiger partial charge in [0.2, 0.25) is 5.91 Å². The molecule has 0 saturated carbocycles. The van der Waals surface area contributed by atoms with E-state index < -0.39 is 0 Å². The predicted octanol–water partition coefficient (Wildman–Crippen LogP) is 2.66. The van der Waals surface area contributed by atoms with Gasteiger partial charge in [-0.3, -0.25) is 14.2 Å². The number of amides is 1. The highest BCUT2D eigenvalue weighted by atomic mass is 16.5. The number of ether oxygens (including phenoxy) is 1. The number of aromatic nitrogens is 6. The SMILES string of the molecule is Cn1cc(-c2cccc(-c3ncc(-c4cnn(CC(=O)N5CCCOCC5)c4)cn3)c2)cn1. The van der Waals surface area contributed by atoms with Gasteiger partial charge < -0.3 is 9.64 Å². The number of hydrogen-bond donors (Lipinski definition) is 0. The van der Waals surface area contributed by atoms with Gasteiger partial charge in [-0.25, -0.2) is 9.97 Å². The first-order chi connectivity index (χ1) is 16.2. The van der Waals surface area contributed by atoms with Gasteiger partial charge in [-0.1, -0.05) is 18.2 Å². The van der Waals surface area contributed by atoms with E-state index in [4.69, 9.17) is 4.74 Å². The molecule has 0 N–H and O–H groups in total. The molecule has 1 saturated heterocycles. The Morgan fingerprint density at radius 3 is 2.52 bits per heavy atom. The van der Waals surface area contributed by atoms with Crippen molar-refractivity contribution in [3.63, 3.8) is 0 Å². The molecule has 4 heterocycles. The Labute approximate surface area is 191 Å². The lowest BCUT2D eigenvalue weighted by Gasteiger charge is -2.19. The molecular formula is C24H25N7O2. The van der Waals surface area contributed by atoms with E-state index in [0.717, 1.165) is 40.8 Å². The van der Waals surface area contributed by atoms with Gasteiger partial charge >= 0.3 is 0 Å². The maximum absolute atomic E-state index is 12.6. The summed E-state index contributed by atoms with van der Waals surface area (Å²) in [5, 5.41) is 8.59. The normalized spacial score (nSPS) is 14.3. The zero-order valence-corrected chi connectivity index (χ0v) is 18.5. The van der Waals surface area contributed by atoms with Crippen LogP contribution in [0.4, 0.5) is 0 Å². The maximum Gasteiger partial charge on any atom is 0.244 e. The molecule has 1 amide bonds. The molecule has 0 aliphatic carbocycles. The standard InChI is InChI=1S/C24H25N7O2/c1-29-15-21(13-27-29)18-4-2-5-19(10-18)24-25-11-20(12-26-24)22-14-28-31(16-22)17-23(32)30-6-3-8-33-9-7-30/h2,4-5,10-16H,3,6-9,17H2,1H3. The monoisotopic (exact) mass is 443 g/mol. The Hall–Kier alpha value is -3.85. The van der Waals surface area contributed by atoms with E-state index in [1.54, 1.807) is 28.0 Å². The summed E-state index contributed by atoms with van der Waals surface area (Å²) in [4.78, 5) is 23.5. The van der Waals surface area contributed by atoms with Crippen LogP contribution in [-0.2, 0) is 23.1 Å². The van der Waals surface area contributed by atoms with Gasteiger partial charge in [-0.2, -0.15) is 10.2 Å². The average Bonchev–Trinajstić information content (AvgIpc) is 3.40. The van der Waals surface area contributed by atoms with Crippen LogP contribution in [0.2, 0.25) is 0 Å². The third kappa shape index (κ3) is 4.83. The third-order valence-electron chi connectivity index (χ3n) is 5.65. The van der Waals surface area contributed by atoms with Crippen molar-refractivity contribution in [2.24, 2.45) is 7.05 Å². The second kappa shape index (κ2) is 9.33. The van der Waals surface area contributed by atoms with Crippen molar-refractivity contribution in [1.29, 1.82) is 0 Å². The second-order valence-electron chi connectivity index (χ2n) is 8.05. The maximum atomic E-state index is 12.6. The van der Waals surface area contributed by atoms with E-state index in [1.165, 1.54) is 0 Å². The predicted molar refractivity (Wildman–Crippen MR) is 123 cm³/mol. The molecule has 1 aliphatic heterocycles. The quantitative estimate of drug-likeness (QED) is 0.471. The van der Waals surface area contributed by atoms with Crippen LogP contribution in [0.15, 0.2) is 61.4 Å². The Kier molecular flexibility index (Phi) is 5.95. The van der Waals surface area contributed by atoms with Crippen LogP contribution in [-0.4, -0.2) is 66.6 Å². The van der Waals surface area contributed by atoms with E-state index >= 15 is 0 Å². The van der Waals surface area contributed by atoms with Gasteiger partial charge in [0, 0.05) is 73.8 Å². The molecular weight excluding hydrogens is 418 g/mol. The van der Waals surface area contributed by atoms with Gasteiger partial charge in [0.25, 0.3) is 0 Å². The van der Waals surface area contributed by atoms with Crippen molar-refractivity contribution < 1.29 is 9.53 Å². The number of benzene rings is 1. The molecule has 0 radical (unpaired) electrons. The first-order valence-corrected chi connectivity index (χ1v) is 11.0. The minimum atomic E-state index is 0.0512. The van der Waals surface area contributed by atoms with Crippen LogP contribution in [0.5, 0.6) is 0 Å². The number of rotatable bonds is 5. The van der Waals surface area contributed by atoms with Crippen LogP contribution in [0.3, 0.4) is 0 Å². The Morgan fingerprint density at radius 2 is 1.70 bits per heavy atom. The average molecular weight is 444 g/mol. The molecule has 9 nitrogen and oxygen atoms in total. The summed E-state index contributed by atoms with van der Waals surface area (Å²) in [5.41, 5.74) is 4.77. The molecule has 4 aromatic rings. The van der Waals surface area contributed by atoms with Crippen molar-refractivity contribution in [3.8, 4) is 33.6 Å². The molecule has 3 aromatic heterocycles. The summed E-state index contributed by atoms with van der Waals surface area (Å²) >= 11 is 0. The first kappa shape index (κ1) is 21.0. The summed E-state index contributed by atoms with van der Waals surface area (Å²) in [7, 11) is 1.90. The molecule has 1 aromatic carbocycles. The van der Waals surface area contributed by atoms with Crippen LogP contribution < -0.4 is 0 Å². The number of carbonyl (C=O) groups is 1. The van der Waals surface area contributed by atoms with Crippen LogP contribution in [0, 0.1) is 0 Å². The van der Waals surface area contributed by atoms with Crippen molar-refractivity contribution >= 4 is 5.91 Å². The number of hydrogen-bond acceptors (Lipinski definition) is 6. The summed E-state index contributed by atoms with van der Waals surface area (Å²) in [6.07, 6.45) is 11.8.